The minimum absolute atomic E-state index is 0. The highest BCUT2D eigenvalue weighted by Crippen LogP contribution is 2.31. The van der Waals surface area contributed by atoms with Crippen molar-refractivity contribution in [3.8, 4) is 11.5 Å². The van der Waals surface area contributed by atoms with Crippen LogP contribution >= 0.6 is 12.4 Å². The first-order chi connectivity index (χ1) is 9.76. The minimum atomic E-state index is -4.46. The van der Waals surface area contributed by atoms with Gasteiger partial charge in [-0.15, -0.1) is 12.4 Å². The summed E-state index contributed by atoms with van der Waals surface area (Å²) < 4.78 is 46.2. The van der Waals surface area contributed by atoms with Crippen molar-refractivity contribution >= 4 is 24.0 Å². The summed E-state index contributed by atoms with van der Waals surface area (Å²) in [4.78, 5) is 11.7. The van der Waals surface area contributed by atoms with Crippen LogP contribution in [0.25, 0.3) is 0 Å². The molecule has 0 saturated heterocycles. The average molecular weight is 343 g/mol. The Morgan fingerprint density at radius 3 is 2.50 bits per heavy atom. The van der Waals surface area contributed by atoms with E-state index in [0.29, 0.717) is 5.69 Å². The number of hydrogen-bond acceptors (Lipinski definition) is 4. The van der Waals surface area contributed by atoms with Crippen molar-refractivity contribution in [3.63, 3.8) is 0 Å². The monoisotopic (exact) mass is 342 g/mol. The van der Waals surface area contributed by atoms with Crippen LogP contribution < -0.4 is 20.5 Å². The van der Waals surface area contributed by atoms with Crippen molar-refractivity contribution in [1.29, 1.82) is 0 Å². The predicted octanol–water partition coefficient (Wildman–Crippen LogP) is 2.59. The summed E-state index contributed by atoms with van der Waals surface area (Å²) in [6, 6.07) is 4.18. The molecule has 1 atom stereocenters. The first kappa shape index (κ1) is 20.3. The second-order valence-corrected chi connectivity index (χ2v) is 4.40. The number of rotatable bonds is 6. The third-order valence-electron chi connectivity index (χ3n) is 2.62. The number of alkyl halides is 3. The van der Waals surface area contributed by atoms with Crippen molar-refractivity contribution in [3.05, 3.63) is 18.2 Å². The number of carbonyl (C=O) groups is 1. The molecule has 3 N–H and O–H groups in total. The molecule has 22 heavy (non-hydrogen) atoms. The summed E-state index contributed by atoms with van der Waals surface area (Å²) in [6.45, 7) is 0.360. The molecule has 0 fully saturated rings. The number of anilines is 1. The average Bonchev–Trinajstić information content (AvgIpc) is 2.43. The fourth-order valence-corrected chi connectivity index (χ4v) is 1.40. The van der Waals surface area contributed by atoms with Gasteiger partial charge in [0.1, 0.15) is 0 Å². The van der Waals surface area contributed by atoms with Gasteiger partial charge in [-0.1, -0.05) is 6.92 Å². The van der Waals surface area contributed by atoms with Gasteiger partial charge in [0.25, 0.3) is 0 Å². The highest BCUT2D eigenvalue weighted by Gasteiger charge is 2.29. The third-order valence-corrected chi connectivity index (χ3v) is 2.62. The molecule has 0 spiro atoms. The van der Waals surface area contributed by atoms with Crippen LogP contribution in [0, 0.1) is 5.92 Å². The van der Waals surface area contributed by atoms with Gasteiger partial charge < -0.3 is 20.5 Å². The zero-order chi connectivity index (χ0) is 16.0. The van der Waals surface area contributed by atoms with E-state index in [1.165, 1.54) is 25.3 Å². The lowest BCUT2D eigenvalue weighted by atomic mass is 10.1. The van der Waals surface area contributed by atoms with E-state index in [1.54, 1.807) is 6.92 Å². The first-order valence-corrected chi connectivity index (χ1v) is 6.15. The Morgan fingerprint density at radius 2 is 2.00 bits per heavy atom. The molecule has 9 heteroatoms. The minimum Gasteiger partial charge on any atom is -0.493 e. The lowest BCUT2D eigenvalue weighted by Crippen LogP contribution is -2.26. The highest BCUT2D eigenvalue weighted by molar-refractivity contribution is 5.92. The molecule has 0 bridgehead atoms. The molecule has 1 aromatic rings. The molecule has 1 unspecified atom stereocenters. The maximum Gasteiger partial charge on any atom is 0.422 e. The number of hydrogen-bond donors (Lipinski definition) is 2. The molecule has 0 aliphatic carbocycles. The standard InChI is InChI=1S/C13H17F3N2O3.ClH/c1-8(6-17)12(19)18-9-3-4-10(20-2)11(5-9)21-7-13(14,15)16;/h3-5,8H,6-7,17H2,1-2H3,(H,18,19);1H. The largest absolute Gasteiger partial charge is 0.493 e. The number of benzene rings is 1. The van der Waals surface area contributed by atoms with E-state index >= 15 is 0 Å². The fraction of sp³-hybridized carbons (Fsp3) is 0.462. The number of nitrogens with one attached hydrogen (secondary N) is 1. The van der Waals surface area contributed by atoms with Crippen LogP contribution in [-0.2, 0) is 4.79 Å². The lowest BCUT2D eigenvalue weighted by molar-refractivity contribution is -0.153. The van der Waals surface area contributed by atoms with Crippen molar-refractivity contribution in [2.24, 2.45) is 11.7 Å². The molecule has 126 valence electrons. The summed E-state index contributed by atoms with van der Waals surface area (Å²) in [7, 11) is 1.31. The molecular weight excluding hydrogens is 325 g/mol. The van der Waals surface area contributed by atoms with E-state index in [9.17, 15) is 18.0 Å². The highest BCUT2D eigenvalue weighted by atomic mass is 35.5. The maximum atomic E-state index is 12.2. The van der Waals surface area contributed by atoms with Crippen LogP contribution in [0.2, 0.25) is 0 Å². The Morgan fingerprint density at radius 1 is 1.36 bits per heavy atom. The predicted molar refractivity (Wildman–Crippen MR) is 78.6 cm³/mol. The Labute approximate surface area is 132 Å². The molecule has 0 heterocycles. The Balaban J connectivity index is 0.00000441. The maximum absolute atomic E-state index is 12.2. The van der Waals surface area contributed by atoms with E-state index < -0.39 is 18.7 Å². The van der Waals surface area contributed by atoms with E-state index in [-0.39, 0.29) is 36.4 Å². The van der Waals surface area contributed by atoms with Gasteiger partial charge in [0.15, 0.2) is 18.1 Å². The molecule has 0 aromatic heterocycles. The van der Waals surface area contributed by atoms with Gasteiger partial charge in [-0.3, -0.25) is 4.79 Å². The van der Waals surface area contributed by atoms with Crippen LogP contribution in [0.4, 0.5) is 18.9 Å². The van der Waals surface area contributed by atoms with E-state index in [4.69, 9.17) is 10.5 Å². The van der Waals surface area contributed by atoms with Crippen LogP contribution in [-0.4, -0.2) is 32.3 Å². The zero-order valence-electron chi connectivity index (χ0n) is 12.1. The molecule has 0 aliphatic heterocycles. The number of methoxy groups -OCH3 is 1. The number of amides is 1. The van der Waals surface area contributed by atoms with Crippen LogP contribution in [0.5, 0.6) is 11.5 Å². The Kier molecular flexibility index (Phi) is 8.04. The van der Waals surface area contributed by atoms with Crippen LogP contribution in [0.3, 0.4) is 0 Å². The summed E-state index contributed by atoms with van der Waals surface area (Å²) in [5, 5.41) is 2.55. The van der Waals surface area contributed by atoms with E-state index in [0.717, 1.165) is 0 Å². The topological polar surface area (TPSA) is 73.6 Å². The van der Waals surface area contributed by atoms with Gasteiger partial charge in [-0.05, 0) is 12.1 Å². The first-order valence-electron chi connectivity index (χ1n) is 6.15. The molecule has 0 aliphatic rings. The summed E-state index contributed by atoms with van der Waals surface area (Å²) in [5.41, 5.74) is 5.67. The van der Waals surface area contributed by atoms with Crippen LogP contribution in [0.15, 0.2) is 18.2 Å². The SMILES string of the molecule is COc1ccc(NC(=O)C(C)CN)cc1OCC(F)(F)F.Cl. The Bertz CT molecular complexity index is 498. The molecule has 1 rings (SSSR count). The van der Waals surface area contributed by atoms with Crippen molar-refractivity contribution in [1.82, 2.24) is 0 Å². The summed E-state index contributed by atoms with van der Waals surface area (Å²) in [6.07, 6.45) is -4.46. The molecule has 5 nitrogen and oxygen atoms in total. The van der Waals surface area contributed by atoms with Gasteiger partial charge in [-0.2, -0.15) is 13.2 Å². The number of nitrogens with two attached hydrogens (primary N) is 1. The molecule has 1 amide bonds. The summed E-state index contributed by atoms with van der Waals surface area (Å²) in [5.74, 6) is -0.701. The normalized spacial score (nSPS) is 12.1. The number of ether oxygens (including phenoxy) is 2. The molecule has 1 aromatic carbocycles. The lowest BCUT2D eigenvalue weighted by Gasteiger charge is -2.15. The van der Waals surface area contributed by atoms with Crippen molar-refractivity contribution in [2.75, 3.05) is 25.6 Å². The molecule has 0 radical (unpaired) electrons. The number of halogens is 4. The quantitative estimate of drug-likeness (QED) is 0.833. The van der Waals surface area contributed by atoms with Gasteiger partial charge >= 0.3 is 6.18 Å². The van der Waals surface area contributed by atoms with Gasteiger partial charge in [0.05, 0.1) is 7.11 Å². The smallest absolute Gasteiger partial charge is 0.422 e. The molecular formula is C13H18ClF3N2O3. The van der Waals surface area contributed by atoms with E-state index in [2.05, 4.69) is 10.1 Å². The van der Waals surface area contributed by atoms with Gasteiger partial charge in [0, 0.05) is 24.2 Å². The fourth-order valence-electron chi connectivity index (χ4n) is 1.40. The van der Waals surface area contributed by atoms with Crippen molar-refractivity contribution < 1.29 is 27.4 Å². The Hall–Kier alpha value is -1.67. The van der Waals surface area contributed by atoms with Crippen LogP contribution in [0.1, 0.15) is 6.92 Å². The van der Waals surface area contributed by atoms with Crippen molar-refractivity contribution in [2.45, 2.75) is 13.1 Å². The summed E-state index contributed by atoms with van der Waals surface area (Å²) >= 11 is 0. The second-order valence-electron chi connectivity index (χ2n) is 4.40. The second kappa shape index (κ2) is 8.70. The number of carbonyl (C=O) groups excluding carboxylic acids is 1. The van der Waals surface area contributed by atoms with E-state index in [1.807, 2.05) is 0 Å². The zero-order valence-corrected chi connectivity index (χ0v) is 12.9. The van der Waals surface area contributed by atoms with Gasteiger partial charge in [0.2, 0.25) is 5.91 Å². The molecule has 0 saturated carbocycles. The third kappa shape index (κ3) is 6.40. The van der Waals surface area contributed by atoms with Gasteiger partial charge in [-0.25, -0.2) is 0 Å².